The van der Waals surface area contributed by atoms with E-state index in [0.717, 1.165) is 45.6 Å². The summed E-state index contributed by atoms with van der Waals surface area (Å²) < 4.78 is 11.3. The highest BCUT2D eigenvalue weighted by Crippen LogP contribution is 2.32. The van der Waals surface area contributed by atoms with Gasteiger partial charge in [-0.25, -0.2) is 0 Å². The second-order valence-corrected chi connectivity index (χ2v) is 5.52. The molecule has 2 rings (SSSR count). The molecule has 2 fully saturated rings. The molecular formula is C13H24N2O3. The highest BCUT2D eigenvalue weighted by atomic mass is 16.6. The van der Waals surface area contributed by atoms with E-state index in [1.807, 2.05) is 0 Å². The molecule has 0 aliphatic carbocycles. The van der Waals surface area contributed by atoms with Crippen molar-refractivity contribution in [1.82, 2.24) is 10.2 Å². The van der Waals surface area contributed by atoms with Gasteiger partial charge >= 0.3 is 0 Å². The third-order valence-electron chi connectivity index (χ3n) is 3.83. The molecule has 0 aromatic carbocycles. The van der Waals surface area contributed by atoms with Gasteiger partial charge < -0.3 is 19.7 Å². The molecule has 2 atom stereocenters. The van der Waals surface area contributed by atoms with Crippen LogP contribution in [0.15, 0.2) is 0 Å². The Morgan fingerprint density at radius 2 is 2.28 bits per heavy atom. The quantitative estimate of drug-likeness (QED) is 0.790. The van der Waals surface area contributed by atoms with Crippen LogP contribution >= 0.6 is 0 Å². The van der Waals surface area contributed by atoms with Crippen LogP contribution in [0.4, 0.5) is 0 Å². The highest BCUT2D eigenvalue weighted by Gasteiger charge is 2.40. The minimum Gasteiger partial charge on any atom is -0.378 e. The lowest BCUT2D eigenvalue weighted by Crippen LogP contribution is -2.48. The van der Waals surface area contributed by atoms with E-state index in [2.05, 4.69) is 5.32 Å². The number of carbonyl (C=O) groups excluding carboxylic acids is 1. The first kappa shape index (κ1) is 13.8. The van der Waals surface area contributed by atoms with Crippen LogP contribution < -0.4 is 5.32 Å². The molecule has 2 saturated heterocycles. The van der Waals surface area contributed by atoms with Crippen LogP contribution in [0.3, 0.4) is 0 Å². The summed E-state index contributed by atoms with van der Waals surface area (Å²) in [6.07, 6.45) is 3.59. The molecule has 0 aromatic rings. The third kappa shape index (κ3) is 3.43. The number of hydrogen-bond acceptors (Lipinski definition) is 4. The zero-order valence-corrected chi connectivity index (χ0v) is 11.4. The van der Waals surface area contributed by atoms with Crippen LogP contribution in [0.5, 0.6) is 0 Å². The van der Waals surface area contributed by atoms with Crippen molar-refractivity contribution in [3.63, 3.8) is 0 Å². The first-order valence-corrected chi connectivity index (χ1v) is 6.77. The maximum absolute atomic E-state index is 11.5. The van der Waals surface area contributed by atoms with Gasteiger partial charge in [-0.15, -0.1) is 0 Å². The summed E-state index contributed by atoms with van der Waals surface area (Å²) in [7, 11) is 3.59. The van der Waals surface area contributed by atoms with Gasteiger partial charge in [0.2, 0.25) is 5.91 Å². The van der Waals surface area contributed by atoms with Gasteiger partial charge in [0.05, 0.1) is 12.2 Å². The van der Waals surface area contributed by atoms with Crippen molar-refractivity contribution in [2.75, 3.05) is 40.5 Å². The van der Waals surface area contributed by atoms with Crippen LogP contribution in [0.2, 0.25) is 0 Å². The topological polar surface area (TPSA) is 50.8 Å². The van der Waals surface area contributed by atoms with Gasteiger partial charge in [-0.05, 0) is 12.8 Å². The molecule has 5 nitrogen and oxygen atoms in total. The minimum atomic E-state index is -0.0541. The Hall–Kier alpha value is -0.650. The molecule has 1 amide bonds. The normalized spacial score (nSPS) is 31.8. The van der Waals surface area contributed by atoms with Gasteiger partial charge in [0.25, 0.3) is 0 Å². The fourth-order valence-electron chi connectivity index (χ4n) is 2.67. The van der Waals surface area contributed by atoms with Crippen molar-refractivity contribution >= 4 is 5.91 Å². The number of hydrogen-bond donors (Lipinski definition) is 1. The number of nitrogens with zero attached hydrogens (tertiary/aromatic N) is 1. The number of nitrogens with one attached hydrogen (secondary N) is 1. The van der Waals surface area contributed by atoms with Gasteiger partial charge in [0, 0.05) is 52.7 Å². The number of amides is 1. The molecule has 0 saturated carbocycles. The van der Waals surface area contributed by atoms with E-state index in [4.69, 9.17) is 9.47 Å². The largest absolute Gasteiger partial charge is 0.378 e. The maximum atomic E-state index is 11.5. The Morgan fingerprint density at radius 3 is 2.94 bits per heavy atom. The fourth-order valence-corrected chi connectivity index (χ4v) is 2.67. The smallest absolute Gasteiger partial charge is 0.223 e. The molecule has 0 radical (unpaired) electrons. The van der Waals surface area contributed by atoms with E-state index < -0.39 is 0 Å². The van der Waals surface area contributed by atoms with E-state index in [1.165, 1.54) is 0 Å². The second-order valence-electron chi connectivity index (χ2n) is 5.52. The summed E-state index contributed by atoms with van der Waals surface area (Å²) in [5.74, 6) is 0.175. The average Bonchev–Trinajstić information content (AvgIpc) is 2.77. The minimum absolute atomic E-state index is 0.0541. The van der Waals surface area contributed by atoms with Crippen molar-refractivity contribution in [3.8, 4) is 0 Å². The van der Waals surface area contributed by atoms with Gasteiger partial charge in [0.15, 0.2) is 0 Å². The third-order valence-corrected chi connectivity index (χ3v) is 3.83. The summed E-state index contributed by atoms with van der Waals surface area (Å²) in [6.45, 7) is 3.08. The van der Waals surface area contributed by atoms with E-state index in [1.54, 1.807) is 19.0 Å². The molecule has 1 N–H and O–H groups in total. The van der Waals surface area contributed by atoms with Crippen LogP contribution in [0.1, 0.15) is 25.7 Å². The summed E-state index contributed by atoms with van der Waals surface area (Å²) in [5.41, 5.74) is -0.0541. The maximum Gasteiger partial charge on any atom is 0.223 e. The monoisotopic (exact) mass is 256 g/mol. The SMILES string of the molecule is CN(C)C(=O)CCNC1CCOC2(CCOC2)C1. The van der Waals surface area contributed by atoms with Crippen molar-refractivity contribution < 1.29 is 14.3 Å². The van der Waals surface area contributed by atoms with Gasteiger partial charge in [0.1, 0.15) is 0 Å². The molecule has 2 aliphatic rings. The molecule has 2 aliphatic heterocycles. The van der Waals surface area contributed by atoms with E-state index >= 15 is 0 Å². The fraction of sp³-hybridized carbons (Fsp3) is 0.923. The zero-order valence-electron chi connectivity index (χ0n) is 11.4. The molecule has 18 heavy (non-hydrogen) atoms. The molecule has 5 heteroatoms. The van der Waals surface area contributed by atoms with Gasteiger partial charge in [-0.3, -0.25) is 4.79 Å². The Morgan fingerprint density at radius 1 is 1.44 bits per heavy atom. The first-order valence-electron chi connectivity index (χ1n) is 6.77. The van der Waals surface area contributed by atoms with Crippen LogP contribution in [0, 0.1) is 0 Å². The Labute approximate surface area is 109 Å². The van der Waals surface area contributed by atoms with Crippen LogP contribution in [-0.2, 0) is 14.3 Å². The molecule has 0 aromatic heterocycles. The standard InChI is InChI=1S/C13H24N2O3/c1-15(2)12(16)3-6-14-11-4-7-18-13(9-11)5-8-17-10-13/h11,14H,3-10H2,1-2H3. The summed E-state index contributed by atoms with van der Waals surface area (Å²) >= 11 is 0. The second kappa shape index (κ2) is 5.99. The summed E-state index contributed by atoms with van der Waals surface area (Å²) in [5, 5.41) is 3.48. The van der Waals surface area contributed by atoms with Gasteiger partial charge in [-0.1, -0.05) is 0 Å². The van der Waals surface area contributed by atoms with Crippen molar-refractivity contribution in [1.29, 1.82) is 0 Å². The first-order chi connectivity index (χ1) is 8.61. The number of ether oxygens (including phenoxy) is 2. The average molecular weight is 256 g/mol. The molecule has 2 unspecified atom stereocenters. The molecule has 0 bridgehead atoms. The summed E-state index contributed by atoms with van der Waals surface area (Å²) in [6, 6.07) is 0.454. The van der Waals surface area contributed by atoms with E-state index in [9.17, 15) is 4.79 Å². The summed E-state index contributed by atoms with van der Waals surface area (Å²) in [4.78, 5) is 13.1. The molecule has 2 heterocycles. The Kier molecular flexibility index (Phi) is 4.59. The van der Waals surface area contributed by atoms with Crippen molar-refractivity contribution in [2.45, 2.75) is 37.3 Å². The van der Waals surface area contributed by atoms with E-state index in [0.29, 0.717) is 12.5 Å². The van der Waals surface area contributed by atoms with Crippen LogP contribution in [-0.4, -0.2) is 62.9 Å². The predicted molar refractivity (Wildman–Crippen MR) is 68.5 cm³/mol. The number of carbonyl (C=O) groups is 1. The zero-order chi connectivity index (χ0) is 13.0. The predicted octanol–water partition coefficient (Wildman–Crippen LogP) is 0.392. The Balaban J connectivity index is 1.71. The highest BCUT2D eigenvalue weighted by molar-refractivity contribution is 5.75. The van der Waals surface area contributed by atoms with Gasteiger partial charge in [-0.2, -0.15) is 0 Å². The van der Waals surface area contributed by atoms with E-state index in [-0.39, 0.29) is 11.5 Å². The lowest BCUT2D eigenvalue weighted by atomic mass is 9.89. The molecule has 104 valence electrons. The van der Waals surface area contributed by atoms with Crippen LogP contribution in [0.25, 0.3) is 0 Å². The number of rotatable bonds is 4. The molecule has 1 spiro atoms. The lowest BCUT2D eigenvalue weighted by molar-refractivity contribution is -0.128. The van der Waals surface area contributed by atoms with Crippen molar-refractivity contribution in [3.05, 3.63) is 0 Å². The van der Waals surface area contributed by atoms with Crippen molar-refractivity contribution in [2.24, 2.45) is 0 Å². The lowest BCUT2D eigenvalue weighted by Gasteiger charge is -2.37. The molecular weight excluding hydrogens is 232 g/mol. The Bertz CT molecular complexity index is 288.